The summed E-state index contributed by atoms with van der Waals surface area (Å²) < 4.78 is 0. The summed E-state index contributed by atoms with van der Waals surface area (Å²) in [5.74, 6) is -1.11. The highest BCUT2D eigenvalue weighted by Gasteiger charge is 2.31. The van der Waals surface area contributed by atoms with Gasteiger partial charge < -0.3 is 20.0 Å². The van der Waals surface area contributed by atoms with Gasteiger partial charge in [0.1, 0.15) is 0 Å². The Morgan fingerprint density at radius 2 is 1.80 bits per heavy atom. The van der Waals surface area contributed by atoms with E-state index in [1.165, 1.54) is 0 Å². The Morgan fingerprint density at radius 3 is 2.20 bits per heavy atom. The Labute approximate surface area is 120 Å². The third-order valence-corrected chi connectivity index (χ3v) is 4.08. The number of aliphatic carboxylic acids is 1. The molecule has 1 aliphatic rings. The van der Waals surface area contributed by atoms with Gasteiger partial charge in [-0.3, -0.25) is 4.79 Å². The molecule has 0 atom stereocenters. The van der Waals surface area contributed by atoms with E-state index in [0.29, 0.717) is 32.5 Å². The van der Waals surface area contributed by atoms with Crippen molar-refractivity contribution in [2.45, 2.75) is 45.6 Å². The highest BCUT2D eigenvalue weighted by atomic mass is 16.4. The maximum Gasteiger partial charge on any atom is 0.320 e. The molecule has 1 heterocycles. The molecule has 1 rings (SSSR count). The summed E-state index contributed by atoms with van der Waals surface area (Å²) in [5, 5.41) is 18.1. The van der Waals surface area contributed by atoms with Crippen molar-refractivity contribution in [1.29, 1.82) is 0 Å². The number of carbonyl (C=O) groups is 2. The number of hydrogen-bond donors (Lipinski definition) is 2. The van der Waals surface area contributed by atoms with Crippen LogP contribution in [0.3, 0.4) is 0 Å². The van der Waals surface area contributed by atoms with Crippen LogP contribution in [0, 0.1) is 5.92 Å². The van der Waals surface area contributed by atoms with Gasteiger partial charge in [0, 0.05) is 25.7 Å². The van der Waals surface area contributed by atoms with Gasteiger partial charge in [-0.2, -0.15) is 0 Å². The first-order valence-corrected chi connectivity index (χ1v) is 7.44. The molecule has 0 bridgehead atoms. The molecule has 0 radical (unpaired) electrons. The molecule has 2 amide bonds. The molecule has 0 unspecified atom stereocenters. The van der Waals surface area contributed by atoms with Crippen LogP contribution in [0.4, 0.5) is 4.79 Å². The van der Waals surface area contributed by atoms with Gasteiger partial charge in [-0.05, 0) is 25.7 Å². The minimum atomic E-state index is -0.774. The van der Waals surface area contributed by atoms with Gasteiger partial charge in [0.2, 0.25) is 0 Å². The topological polar surface area (TPSA) is 81.1 Å². The fourth-order valence-corrected chi connectivity index (χ4v) is 2.77. The standard InChI is InChI=1S/C14H26N2O4/c1-3-12(4-2)16(9-10-17)14(20)15-7-5-11(6-8-15)13(18)19/h11-12,17H,3-10H2,1-2H3,(H,18,19). The van der Waals surface area contributed by atoms with E-state index < -0.39 is 5.97 Å². The largest absolute Gasteiger partial charge is 0.481 e. The second-order valence-electron chi connectivity index (χ2n) is 5.27. The summed E-state index contributed by atoms with van der Waals surface area (Å²) in [6.45, 7) is 5.32. The number of rotatable bonds is 6. The van der Waals surface area contributed by atoms with E-state index in [4.69, 9.17) is 10.2 Å². The van der Waals surface area contributed by atoms with Crippen LogP contribution in [-0.4, -0.2) is 64.3 Å². The van der Waals surface area contributed by atoms with Crippen LogP contribution < -0.4 is 0 Å². The van der Waals surface area contributed by atoms with Gasteiger partial charge in [-0.15, -0.1) is 0 Å². The van der Waals surface area contributed by atoms with Gasteiger partial charge in [-0.1, -0.05) is 13.8 Å². The number of hydrogen-bond acceptors (Lipinski definition) is 3. The molecule has 20 heavy (non-hydrogen) atoms. The summed E-state index contributed by atoms with van der Waals surface area (Å²) in [7, 11) is 0. The SMILES string of the molecule is CCC(CC)N(CCO)C(=O)N1CCC(C(=O)O)CC1. The molecule has 116 valence electrons. The van der Waals surface area contributed by atoms with Crippen LogP contribution in [0.2, 0.25) is 0 Å². The van der Waals surface area contributed by atoms with E-state index in [1.54, 1.807) is 9.80 Å². The van der Waals surface area contributed by atoms with Crippen molar-refractivity contribution in [3.63, 3.8) is 0 Å². The minimum Gasteiger partial charge on any atom is -0.481 e. The molecule has 2 N–H and O–H groups in total. The zero-order valence-electron chi connectivity index (χ0n) is 12.4. The maximum atomic E-state index is 12.5. The van der Waals surface area contributed by atoms with Crippen molar-refractivity contribution in [2.24, 2.45) is 5.92 Å². The van der Waals surface area contributed by atoms with Crippen LogP contribution in [0.5, 0.6) is 0 Å². The number of nitrogens with zero attached hydrogens (tertiary/aromatic N) is 2. The molecule has 6 heteroatoms. The first-order valence-electron chi connectivity index (χ1n) is 7.44. The number of likely N-dealkylation sites (tertiary alicyclic amines) is 1. The van der Waals surface area contributed by atoms with Crippen LogP contribution in [-0.2, 0) is 4.79 Å². The molecule has 1 saturated heterocycles. The molecule has 1 fully saturated rings. The number of amides is 2. The monoisotopic (exact) mass is 286 g/mol. The van der Waals surface area contributed by atoms with Crippen LogP contribution in [0.1, 0.15) is 39.5 Å². The van der Waals surface area contributed by atoms with E-state index >= 15 is 0 Å². The zero-order valence-corrected chi connectivity index (χ0v) is 12.4. The third-order valence-electron chi connectivity index (χ3n) is 4.08. The number of piperidine rings is 1. The predicted molar refractivity (Wildman–Crippen MR) is 75.5 cm³/mol. The summed E-state index contributed by atoms with van der Waals surface area (Å²) in [4.78, 5) is 26.9. The molecule has 0 saturated carbocycles. The van der Waals surface area contributed by atoms with Gasteiger partial charge in [0.25, 0.3) is 0 Å². The van der Waals surface area contributed by atoms with Gasteiger partial charge in [0.15, 0.2) is 0 Å². The molecule has 0 aromatic heterocycles. The number of carbonyl (C=O) groups excluding carboxylic acids is 1. The maximum absolute atomic E-state index is 12.5. The van der Waals surface area contributed by atoms with Crippen molar-refractivity contribution in [2.75, 3.05) is 26.2 Å². The Bertz CT molecular complexity index is 323. The van der Waals surface area contributed by atoms with Crippen molar-refractivity contribution >= 4 is 12.0 Å². The third kappa shape index (κ3) is 4.10. The Hall–Kier alpha value is -1.30. The summed E-state index contributed by atoms with van der Waals surface area (Å²) in [5.41, 5.74) is 0. The first kappa shape index (κ1) is 16.8. The molecule has 1 aliphatic heterocycles. The Morgan fingerprint density at radius 1 is 1.25 bits per heavy atom. The number of aliphatic hydroxyl groups excluding tert-OH is 1. The lowest BCUT2D eigenvalue weighted by Gasteiger charge is -2.37. The molecular weight excluding hydrogens is 260 g/mol. The van der Waals surface area contributed by atoms with Crippen LogP contribution >= 0.6 is 0 Å². The fourth-order valence-electron chi connectivity index (χ4n) is 2.77. The lowest BCUT2D eigenvalue weighted by molar-refractivity contribution is -0.143. The van der Waals surface area contributed by atoms with Crippen LogP contribution in [0.15, 0.2) is 0 Å². The molecule has 0 aromatic carbocycles. The highest BCUT2D eigenvalue weighted by molar-refractivity contribution is 5.76. The summed E-state index contributed by atoms with van der Waals surface area (Å²) in [6.07, 6.45) is 2.73. The zero-order chi connectivity index (χ0) is 15.1. The average molecular weight is 286 g/mol. The number of carboxylic acids is 1. The summed E-state index contributed by atoms with van der Waals surface area (Å²) >= 11 is 0. The Kier molecular flexibility index (Phi) is 6.78. The molecule has 0 aliphatic carbocycles. The summed E-state index contributed by atoms with van der Waals surface area (Å²) in [6, 6.07) is 0.0587. The highest BCUT2D eigenvalue weighted by Crippen LogP contribution is 2.20. The molecule has 0 aromatic rings. The normalized spacial score (nSPS) is 16.5. The van der Waals surface area contributed by atoms with Crippen LogP contribution in [0.25, 0.3) is 0 Å². The van der Waals surface area contributed by atoms with Crippen molar-refractivity contribution < 1.29 is 19.8 Å². The van der Waals surface area contributed by atoms with Gasteiger partial charge >= 0.3 is 12.0 Å². The molecule has 0 spiro atoms. The van der Waals surface area contributed by atoms with E-state index in [2.05, 4.69) is 0 Å². The molecular formula is C14H26N2O4. The lowest BCUT2D eigenvalue weighted by Crippen LogP contribution is -2.51. The van der Waals surface area contributed by atoms with Crippen molar-refractivity contribution in [3.8, 4) is 0 Å². The van der Waals surface area contributed by atoms with Crippen molar-refractivity contribution in [1.82, 2.24) is 9.80 Å². The average Bonchev–Trinajstić information content (AvgIpc) is 2.47. The number of carboxylic acid groups (broad SMARTS) is 1. The van der Waals surface area contributed by atoms with E-state index in [9.17, 15) is 9.59 Å². The first-order chi connectivity index (χ1) is 9.54. The quantitative estimate of drug-likeness (QED) is 0.773. The fraction of sp³-hybridized carbons (Fsp3) is 0.857. The van der Waals surface area contributed by atoms with Gasteiger partial charge in [-0.25, -0.2) is 4.79 Å². The number of urea groups is 1. The second kappa shape index (κ2) is 8.09. The Balaban J connectivity index is 2.64. The second-order valence-corrected chi connectivity index (χ2v) is 5.27. The van der Waals surface area contributed by atoms with Crippen molar-refractivity contribution in [3.05, 3.63) is 0 Å². The van der Waals surface area contributed by atoms with E-state index in [1.807, 2.05) is 13.8 Å². The lowest BCUT2D eigenvalue weighted by atomic mass is 9.97. The van der Waals surface area contributed by atoms with E-state index in [-0.39, 0.29) is 24.6 Å². The van der Waals surface area contributed by atoms with E-state index in [0.717, 1.165) is 12.8 Å². The number of aliphatic hydroxyl groups is 1. The molecule has 6 nitrogen and oxygen atoms in total. The predicted octanol–water partition coefficient (Wildman–Crippen LogP) is 1.39. The van der Waals surface area contributed by atoms with Gasteiger partial charge in [0.05, 0.1) is 12.5 Å². The smallest absolute Gasteiger partial charge is 0.320 e. The minimum absolute atomic E-state index is 0.0478.